The van der Waals surface area contributed by atoms with Crippen molar-refractivity contribution in [3.63, 3.8) is 0 Å². The second-order valence-corrected chi connectivity index (χ2v) is 10.7. The molecule has 2 aromatic heterocycles. The van der Waals surface area contributed by atoms with E-state index in [1.54, 1.807) is 6.20 Å². The molecule has 1 aliphatic carbocycles. The van der Waals surface area contributed by atoms with E-state index in [2.05, 4.69) is 40.9 Å². The lowest BCUT2D eigenvalue weighted by atomic mass is 9.84. The van der Waals surface area contributed by atoms with E-state index in [1.165, 1.54) is 0 Å². The number of fused-ring (bicyclic) bond motifs is 1. The summed E-state index contributed by atoms with van der Waals surface area (Å²) in [5.74, 6) is 0.514. The van der Waals surface area contributed by atoms with E-state index in [0.29, 0.717) is 24.3 Å². The lowest BCUT2D eigenvalue weighted by Crippen LogP contribution is -2.58. The Morgan fingerprint density at radius 3 is 2.60 bits per heavy atom. The molecule has 0 bridgehead atoms. The Morgan fingerprint density at radius 1 is 1.36 bits per heavy atom. The maximum absolute atomic E-state index is 12.9. The monoisotopic (exact) mass is 449 g/mol. The Labute approximate surface area is 160 Å². The summed E-state index contributed by atoms with van der Waals surface area (Å²) in [6, 6.07) is 0. The Bertz CT molecular complexity index is 903. The van der Waals surface area contributed by atoms with E-state index in [4.69, 9.17) is 11.6 Å². The van der Waals surface area contributed by atoms with Crippen LogP contribution in [0.15, 0.2) is 10.7 Å². The normalized spacial score (nSPS) is 17.5. The van der Waals surface area contributed by atoms with Gasteiger partial charge in [-0.1, -0.05) is 6.42 Å². The van der Waals surface area contributed by atoms with Crippen LogP contribution in [0.2, 0.25) is 5.28 Å². The average molecular weight is 451 g/mol. The quantitative estimate of drug-likeness (QED) is 0.606. The highest BCUT2D eigenvalue weighted by Gasteiger charge is 2.50. The van der Waals surface area contributed by atoms with E-state index < -0.39 is 20.3 Å². The van der Waals surface area contributed by atoms with Crippen molar-refractivity contribution in [3.05, 3.63) is 16.0 Å². The number of sulfonamides is 1. The van der Waals surface area contributed by atoms with Gasteiger partial charge in [-0.3, -0.25) is 0 Å². The van der Waals surface area contributed by atoms with Gasteiger partial charge < -0.3 is 10.3 Å². The third-order valence-electron chi connectivity index (χ3n) is 4.31. The zero-order chi connectivity index (χ0) is 18.5. The molecule has 0 spiro atoms. The number of H-pyrrole nitrogens is 1. The Balaban J connectivity index is 1.88. The standard InChI is InChI=1S/C15H21BrClN5O2S/c1-14(2,3)22-25(23,24)15(5-4-6-15)8-19-12-10-9(16)7-18-11(10)20-13(17)21-12/h7,22H,4-6,8H2,1-3H3,(H2,18,19,20,21). The fraction of sp³-hybridized carbons (Fsp3) is 0.600. The van der Waals surface area contributed by atoms with Crippen LogP contribution in [0.4, 0.5) is 5.82 Å². The predicted octanol–water partition coefficient (Wildman–Crippen LogP) is 3.43. The summed E-state index contributed by atoms with van der Waals surface area (Å²) in [6.45, 7) is 5.79. The third-order valence-corrected chi connectivity index (χ3v) is 7.68. The number of aromatic amines is 1. The van der Waals surface area contributed by atoms with Gasteiger partial charge in [-0.2, -0.15) is 4.98 Å². The minimum Gasteiger partial charge on any atom is -0.368 e. The molecule has 138 valence electrons. The zero-order valence-corrected chi connectivity index (χ0v) is 17.4. The van der Waals surface area contributed by atoms with Crippen LogP contribution in [0.5, 0.6) is 0 Å². The fourth-order valence-corrected chi connectivity index (χ4v) is 5.73. The van der Waals surface area contributed by atoms with Crippen molar-refractivity contribution >= 4 is 54.4 Å². The molecule has 10 heteroatoms. The smallest absolute Gasteiger partial charge is 0.226 e. The van der Waals surface area contributed by atoms with Gasteiger partial charge in [0.15, 0.2) is 0 Å². The van der Waals surface area contributed by atoms with Crippen LogP contribution < -0.4 is 10.0 Å². The van der Waals surface area contributed by atoms with E-state index in [0.717, 1.165) is 16.3 Å². The van der Waals surface area contributed by atoms with Crippen LogP contribution in [0.3, 0.4) is 0 Å². The Hall–Kier alpha value is -0.900. The molecule has 1 fully saturated rings. The first kappa shape index (κ1) is 18.9. The molecule has 3 rings (SSSR count). The summed E-state index contributed by atoms with van der Waals surface area (Å²) in [5, 5.41) is 4.04. The van der Waals surface area contributed by atoms with E-state index in [1.807, 2.05) is 20.8 Å². The van der Waals surface area contributed by atoms with Gasteiger partial charge in [-0.05, 0) is 61.1 Å². The molecular weight excluding hydrogens is 430 g/mol. The van der Waals surface area contributed by atoms with Crippen molar-refractivity contribution in [2.75, 3.05) is 11.9 Å². The van der Waals surface area contributed by atoms with Crippen molar-refractivity contribution in [1.82, 2.24) is 19.7 Å². The minimum atomic E-state index is -3.48. The number of halogens is 2. The maximum Gasteiger partial charge on any atom is 0.226 e. The third kappa shape index (κ3) is 3.65. The van der Waals surface area contributed by atoms with Crippen LogP contribution in [-0.2, 0) is 10.0 Å². The van der Waals surface area contributed by atoms with Crippen LogP contribution in [0.1, 0.15) is 40.0 Å². The zero-order valence-electron chi connectivity index (χ0n) is 14.3. The number of anilines is 1. The molecule has 1 aliphatic rings. The van der Waals surface area contributed by atoms with Crippen LogP contribution in [0.25, 0.3) is 11.0 Å². The molecule has 7 nitrogen and oxygen atoms in total. The number of rotatable bonds is 5. The topological polar surface area (TPSA) is 99.8 Å². The summed E-state index contributed by atoms with van der Waals surface area (Å²) in [7, 11) is -3.48. The highest BCUT2D eigenvalue weighted by Crippen LogP contribution is 2.40. The van der Waals surface area contributed by atoms with Gasteiger partial charge in [0.1, 0.15) is 16.2 Å². The molecule has 0 unspecified atom stereocenters. The number of aromatic nitrogens is 3. The largest absolute Gasteiger partial charge is 0.368 e. The highest BCUT2D eigenvalue weighted by atomic mass is 79.9. The lowest BCUT2D eigenvalue weighted by molar-refractivity contribution is 0.339. The average Bonchev–Trinajstić information content (AvgIpc) is 2.75. The van der Waals surface area contributed by atoms with Gasteiger partial charge in [0, 0.05) is 22.8 Å². The van der Waals surface area contributed by atoms with Gasteiger partial charge in [0.25, 0.3) is 0 Å². The Kier molecular flexibility index (Phi) is 4.81. The molecule has 2 aromatic rings. The van der Waals surface area contributed by atoms with Crippen LogP contribution >= 0.6 is 27.5 Å². The second kappa shape index (κ2) is 6.37. The molecule has 0 aliphatic heterocycles. The Morgan fingerprint density at radius 2 is 2.04 bits per heavy atom. The number of hydrogen-bond donors (Lipinski definition) is 3. The van der Waals surface area contributed by atoms with Crippen molar-refractivity contribution in [1.29, 1.82) is 0 Å². The molecule has 0 radical (unpaired) electrons. The minimum absolute atomic E-state index is 0.0997. The second-order valence-electron chi connectivity index (χ2n) is 7.45. The molecule has 0 amide bonds. The summed E-state index contributed by atoms with van der Waals surface area (Å²) >= 11 is 9.43. The van der Waals surface area contributed by atoms with Crippen molar-refractivity contribution < 1.29 is 8.42 Å². The first-order chi connectivity index (χ1) is 11.5. The van der Waals surface area contributed by atoms with E-state index >= 15 is 0 Å². The molecule has 1 saturated carbocycles. The molecular formula is C15H21BrClN5O2S. The number of nitrogens with zero attached hydrogens (tertiary/aromatic N) is 2. The number of hydrogen-bond acceptors (Lipinski definition) is 5. The lowest BCUT2D eigenvalue weighted by Gasteiger charge is -2.42. The predicted molar refractivity (Wildman–Crippen MR) is 103 cm³/mol. The van der Waals surface area contributed by atoms with Gasteiger partial charge in [0.05, 0.1) is 5.39 Å². The van der Waals surface area contributed by atoms with Gasteiger partial charge >= 0.3 is 0 Å². The molecule has 0 aromatic carbocycles. The van der Waals surface area contributed by atoms with E-state index in [9.17, 15) is 8.42 Å². The summed E-state index contributed by atoms with van der Waals surface area (Å²) in [6.07, 6.45) is 3.86. The molecule has 0 atom stereocenters. The molecule has 0 saturated heterocycles. The maximum atomic E-state index is 12.9. The highest BCUT2D eigenvalue weighted by molar-refractivity contribution is 9.10. The number of nitrogens with one attached hydrogen (secondary N) is 3. The molecule has 25 heavy (non-hydrogen) atoms. The summed E-state index contributed by atoms with van der Waals surface area (Å²) < 4.78 is 28.5. The van der Waals surface area contributed by atoms with Crippen LogP contribution in [0, 0.1) is 0 Å². The summed E-state index contributed by atoms with van der Waals surface area (Å²) in [5.41, 5.74) is 0.0732. The van der Waals surface area contributed by atoms with Gasteiger partial charge in [-0.15, -0.1) is 0 Å². The van der Waals surface area contributed by atoms with Crippen molar-refractivity contribution in [3.8, 4) is 0 Å². The molecule has 2 heterocycles. The SMILES string of the molecule is CC(C)(C)NS(=O)(=O)C1(CNc2nc(Cl)nc3[nH]cc(Br)c23)CCC1. The van der Waals surface area contributed by atoms with Crippen molar-refractivity contribution in [2.24, 2.45) is 0 Å². The van der Waals surface area contributed by atoms with Gasteiger partial charge in [-0.25, -0.2) is 18.1 Å². The summed E-state index contributed by atoms with van der Waals surface area (Å²) in [4.78, 5) is 11.4. The van der Waals surface area contributed by atoms with Crippen LogP contribution in [-0.4, -0.2) is 40.2 Å². The van der Waals surface area contributed by atoms with E-state index in [-0.39, 0.29) is 11.8 Å². The fourth-order valence-electron chi connectivity index (χ4n) is 2.96. The molecule has 3 N–H and O–H groups in total. The first-order valence-corrected chi connectivity index (χ1v) is 10.7. The van der Waals surface area contributed by atoms with Gasteiger partial charge in [0.2, 0.25) is 15.3 Å². The van der Waals surface area contributed by atoms with Crippen molar-refractivity contribution in [2.45, 2.75) is 50.3 Å². The first-order valence-electron chi connectivity index (χ1n) is 8.01.